The fourth-order valence-electron chi connectivity index (χ4n) is 8.34. The second kappa shape index (κ2) is 59.2. The van der Waals surface area contributed by atoms with Gasteiger partial charge in [-0.15, -0.1) is 0 Å². The van der Waals surface area contributed by atoms with E-state index < -0.39 is 6.10 Å². The predicted molar refractivity (Wildman–Crippen MR) is 307 cm³/mol. The Morgan fingerprint density at radius 1 is 0.296 bits per heavy atom. The summed E-state index contributed by atoms with van der Waals surface area (Å²) in [7, 11) is 0. The molecule has 1 unspecified atom stereocenters. The minimum atomic E-state index is -0.800. The van der Waals surface area contributed by atoms with Gasteiger partial charge in [0, 0.05) is 19.3 Å². The zero-order chi connectivity index (χ0) is 51.4. The summed E-state index contributed by atoms with van der Waals surface area (Å²) >= 11 is 0. The molecule has 0 aromatic carbocycles. The van der Waals surface area contributed by atoms with Crippen molar-refractivity contribution in [1.29, 1.82) is 0 Å². The molecule has 0 rings (SSSR count). The lowest BCUT2D eigenvalue weighted by Crippen LogP contribution is -2.30. The summed E-state index contributed by atoms with van der Waals surface area (Å²) in [6.07, 6.45) is 77.2. The van der Waals surface area contributed by atoms with Crippen LogP contribution in [0.5, 0.6) is 0 Å². The van der Waals surface area contributed by atoms with Crippen molar-refractivity contribution in [2.45, 2.75) is 297 Å². The van der Waals surface area contributed by atoms with Crippen LogP contribution in [0.1, 0.15) is 290 Å². The molecule has 0 saturated heterocycles. The Morgan fingerprint density at radius 3 is 0.930 bits per heavy atom. The number of hydrogen-bond acceptors (Lipinski definition) is 6. The van der Waals surface area contributed by atoms with E-state index in [1.54, 1.807) is 0 Å². The number of carbonyl (C=O) groups excluding carboxylic acids is 3. The highest BCUT2D eigenvalue weighted by Gasteiger charge is 2.19. The Bertz CT molecular complexity index is 1370. The topological polar surface area (TPSA) is 78.9 Å². The van der Waals surface area contributed by atoms with Gasteiger partial charge >= 0.3 is 17.9 Å². The van der Waals surface area contributed by atoms with Gasteiger partial charge in [-0.2, -0.15) is 0 Å². The Balaban J connectivity index is 4.41. The molecule has 6 nitrogen and oxygen atoms in total. The zero-order valence-electron chi connectivity index (χ0n) is 46.7. The van der Waals surface area contributed by atoms with Crippen LogP contribution >= 0.6 is 0 Å². The number of carbonyl (C=O) groups is 3. The smallest absolute Gasteiger partial charge is 0.306 e. The number of esters is 3. The van der Waals surface area contributed by atoms with Crippen molar-refractivity contribution in [2.75, 3.05) is 13.2 Å². The quantitative estimate of drug-likeness (QED) is 0.0261. The molecule has 0 N–H and O–H groups in total. The van der Waals surface area contributed by atoms with Crippen LogP contribution < -0.4 is 0 Å². The molecule has 0 saturated carbocycles. The zero-order valence-corrected chi connectivity index (χ0v) is 46.7. The molecule has 6 heteroatoms. The number of ether oxygens (including phenoxy) is 3. The highest BCUT2D eigenvalue weighted by Crippen LogP contribution is 2.15. The number of allylic oxidation sites excluding steroid dienone is 14. The molecule has 0 heterocycles. The minimum Gasteiger partial charge on any atom is -0.462 e. The third-order valence-corrected chi connectivity index (χ3v) is 12.9. The number of hydrogen-bond donors (Lipinski definition) is 0. The standard InChI is InChI=1S/C65H112O6/c1-4-7-10-13-16-19-22-25-28-30-31-32-33-35-37-40-43-46-49-52-55-58-64(67)70-61-62(60-69-63(66)57-54-51-48-45-42-39-36-27-24-21-18-15-12-9-6-3)71-65(68)59-56-53-50-47-44-41-38-34-29-26-23-20-17-14-11-8-5-2/h9,12,17-18,20-21,26-27,29-31,36,42,45,62H,4-8,10-11,13-16,19,22-25,28,32-35,37-41,43-44,46-61H2,1-3H3/b12-9-,20-17-,21-18-,29-26-,31-30-,36-27-,45-42-. The number of unbranched alkanes of at least 4 members (excludes halogenated alkanes) is 29. The Kier molecular flexibility index (Phi) is 56.3. The van der Waals surface area contributed by atoms with Gasteiger partial charge in [-0.3, -0.25) is 14.4 Å². The Morgan fingerprint density at radius 2 is 0.549 bits per heavy atom. The number of rotatable bonds is 54. The second-order valence-corrected chi connectivity index (χ2v) is 19.9. The van der Waals surface area contributed by atoms with E-state index in [2.05, 4.69) is 106 Å². The van der Waals surface area contributed by atoms with Crippen molar-refractivity contribution in [3.8, 4) is 0 Å². The lowest BCUT2D eigenvalue weighted by Gasteiger charge is -2.18. The Labute approximate surface area is 439 Å². The molecule has 0 spiro atoms. The first-order valence-electron chi connectivity index (χ1n) is 30.1. The van der Waals surface area contributed by atoms with Crippen LogP contribution in [0.2, 0.25) is 0 Å². The van der Waals surface area contributed by atoms with Gasteiger partial charge in [0.25, 0.3) is 0 Å². The van der Waals surface area contributed by atoms with Gasteiger partial charge < -0.3 is 14.2 Å². The average Bonchev–Trinajstić information content (AvgIpc) is 3.37. The molecule has 1 atom stereocenters. The van der Waals surface area contributed by atoms with E-state index in [0.29, 0.717) is 19.3 Å². The van der Waals surface area contributed by atoms with Gasteiger partial charge in [0.1, 0.15) is 13.2 Å². The molecular weight excluding hydrogens is 877 g/mol. The van der Waals surface area contributed by atoms with Gasteiger partial charge in [-0.25, -0.2) is 0 Å². The molecule has 0 bridgehead atoms. The molecule has 0 aromatic rings. The van der Waals surface area contributed by atoms with E-state index in [1.165, 1.54) is 154 Å². The van der Waals surface area contributed by atoms with E-state index in [9.17, 15) is 14.4 Å². The molecule has 0 fully saturated rings. The third kappa shape index (κ3) is 57.4. The van der Waals surface area contributed by atoms with Crippen molar-refractivity contribution >= 4 is 17.9 Å². The van der Waals surface area contributed by atoms with E-state index in [0.717, 1.165) is 96.3 Å². The van der Waals surface area contributed by atoms with Crippen LogP contribution in [-0.2, 0) is 28.6 Å². The van der Waals surface area contributed by atoms with Crippen LogP contribution in [0.15, 0.2) is 85.1 Å². The summed E-state index contributed by atoms with van der Waals surface area (Å²) < 4.78 is 16.9. The van der Waals surface area contributed by atoms with Gasteiger partial charge in [-0.1, -0.05) is 241 Å². The molecular formula is C65H112O6. The van der Waals surface area contributed by atoms with Crippen molar-refractivity contribution in [3.05, 3.63) is 85.1 Å². The lowest BCUT2D eigenvalue weighted by atomic mass is 10.1. The first-order chi connectivity index (χ1) is 35.0. The first-order valence-corrected chi connectivity index (χ1v) is 30.1. The van der Waals surface area contributed by atoms with Gasteiger partial charge in [0.2, 0.25) is 0 Å². The Hall–Kier alpha value is -3.41. The van der Waals surface area contributed by atoms with Crippen LogP contribution in [0.25, 0.3) is 0 Å². The van der Waals surface area contributed by atoms with E-state index >= 15 is 0 Å². The summed E-state index contributed by atoms with van der Waals surface area (Å²) in [5, 5.41) is 0. The van der Waals surface area contributed by atoms with Crippen molar-refractivity contribution in [1.82, 2.24) is 0 Å². The summed E-state index contributed by atoms with van der Waals surface area (Å²) in [4.78, 5) is 38.2. The minimum absolute atomic E-state index is 0.0936. The maximum atomic E-state index is 12.9. The highest BCUT2D eigenvalue weighted by molar-refractivity contribution is 5.71. The molecule has 0 aliphatic carbocycles. The summed E-state index contributed by atoms with van der Waals surface area (Å²) in [5.74, 6) is -0.939. The summed E-state index contributed by atoms with van der Waals surface area (Å²) in [6.45, 7) is 6.48. The van der Waals surface area contributed by atoms with Crippen molar-refractivity contribution in [3.63, 3.8) is 0 Å². The molecule has 71 heavy (non-hydrogen) atoms. The monoisotopic (exact) mass is 989 g/mol. The predicted octanol–water partition coefficient (Wildman–Crippen LogP) is 20.3. The maximum Gasteiger partial charge on any atom is 0.306 e. The van der Waals surface area contributed by atoms with Gasteiger partial charge in [0.05, 0.1) is 0 Å². The van der Waals surface area contributed by atoms with Crippen LogP contribution in [0, 0.1) is 0 Å². The van der Waals surface area contributed by atoms with Crippen LogP contribution in [0.4, 0.5) is 0 Å². The largest absolute Gasteiger partial charge is 0.462 e. The SMILES string of the molecule is CC/C=C\C/C=C\C/C=C\C/C=C\CCCCC(=O)OCC(COC(=O)CCCCCCCCCCC/C=C\CCCCCCCCCC)OC(=O)CCCCCCCCC/C=C\C/C=C\CCCCC. The highest BCUT2D eigenvalue weighted by atomic mass is 16.6. The second-order valence-electron chi connectivity index (χ2n) is 19.9. The molecule has 0 aliphatic rings. The van der Waals surface area contributed by atoms with Crippen molar-refractivity contribution < 1.29 is 28.6 Å². The van der Waals surface area contributed by atoms with Gasteiger partial charge in [-0.05, 0) is 116 Å². The van der Waals surface area contributed by atoms with E-state index in [-0.39, 0.29) is 31.1 Å². The normalized spacial score (nSPS) is 12.7. The molecule has 0 radical (unpaired) electrons. The van der Waals surface area contributed by atoms with Crippen LogP contribution in [-0.4, -0.2) is 37.2 Å². The van der Waals surface area contributed by atoms with Gasteiger partial charge in [0.15, 0.2) is 6.10 Å². The molecule has 0 amide bonds. The fourth-order valence-corrected chi connectivity index (χ4v) is 8.34. The molecule has 408 valence electrons. The summed E-state index contributed by atoms with van der Waals surface area (Å²) in [5.41, 5.74) is 0. The van der Waals surface area contributed by atoms with Crippen LogP contribution in [0.3, 0.4) is 0 Å². The fraction of sp³-hybridized carbons (Fsp3) is 0.738. The summed E-state index contributed by atoms with van der Waals surface area (Å²) in [6, 6.07) is 0. The molecule has 0 aliphatic heterocycles. The van der Waals surface area contributed by atoms with Crippen molar-refractivity contribution in [2.24, 2.45) is 0 Å². The van der Waals surface area contributed by atoms with E-state index in [4.69, 9.17) is 14.2 Å². The van der Waals surface area contributed by atoms with E-state index in [1.807, 2.05) is 0 Å². The first kappa shape index (κ1) is 67.6. The lowest BCUT2D eigenvalue weighted by molar-refractivity contribution is -0.167. The third-order valence-electron chi connectivity index (χ3n) is 12.9. The average molecular weight is 990 g/mol. The molecule has 0 aromatic heterocycles. The maximum absolute atomic E-state index is 12.9.